The highest BCUT2D eigenvalue weighted by Gasteiger charge is 2.33. The summed E-state index contributed by atoms with van der Waals surface area (Å²) >= 11 is 5.60. The molecule has 2 heterocycles. The maximum Gasteiger partial charge on any atom is 0.271 e. The van der Waals surface area contributed by atoms with E-state index in [9.17, 15) is 10.1 Å². The van der Waals surface area contributed by atoms with Gasteiger partial charge in [0, 0.05) is 55.6 Å². The standard InChI is InChI=1S/C14H16ClN3O2/c15-4-1-5-16-6-7-17-10-13(16)8-11-2-3-12(18(19)20)9-14(11)17/h1-4,9,13H,5-8,10H2/b4-1+. The highest BCUT2D eigenvalue weighted by molar-refractivity contribution is 6.25. The topological polar surface area (TPSA) is 49.6 Å². The maximum atomic E-state index is 10.9. The first-order valence-electron chi connectivity index (χ1n) is 6.70. The van der Waals surface area contributed by atoms with Gasteiger partial charge in [-0.1, -0.05) is 23.7 Å². The molecular formula is C14H16ClN3O2. The maximum absolute atomic E-state index is 10.9. The number of hydrogen-bond acceptors (Lipinski definition) is 4. The lowest BCUT2D eigenvalue weighted by Crippen LogP contribution is -2.56. The second kappa shape index (κ2) is 5.42. The van der Waals surface area contributed by atoms with E-state index in [1.54, 1.807) is 17.7 Å². The number of nitro groups is 1. The molecule has 2 aliphatic heterocycles. The van der Waals surface area contributed by atoms with Crippen molar-refractivity contribution in [1.29, 1.82) is 0 Å². The Morgan fingerprint density at radius 2 is 2.30 bits per heavy atom. The zero-order chi connectivity index (χ0) is 14.1. The number of nitro benzene ring substituents is 1. The van der Waals surface area contributed by atoms with Crippen LogP contribution in [0, 0.1) is 10.1 Å². The van der Waals surface area contributed by atoms with Gasteiger partial charge in [0.05, 0.1) is 4.92 Å². The van der Waals surface area contributed by atoms with Crippen LogP contribution in [0.5, 0.6) is 0 Å². The summed E-state index contributed by atoms with van der Waals surface area (Å²) in [4.78, 5) is 15.2. The zero-order valence-electron chi connectivity index (χ0n) is 11.0. The Morgan fingerprint density at radius 3 is 3.05 bits per heavy atom. The Balaban J connectivity index is 1.86. The lowest BCUT2D eigenvalue weighted by Gasteiger charge is -2.46. The third kappa shape index (κ3) is 2.39. The second-order valence-electron chi connectivity index (χ2n) is 5.23. The van der Waals surface area contributed by atoms with Gasteiger partial charge in [-0.15, -0.1) is 0 Å². The van der Waals surface area contributed by atoms with Gasteiger partial charge in [0.1, 0.15) is 0 Å². The average molecular weight is 294 g/mol. The molecule has 0 aliphatic carbocycles. The molecule has 2 aliphatic rings. The molecule has 5 nitrogen and oxygen atoms in total. The Bertz CT molecular complexity index is 561. The SMILES string of the molecule is O=[N+]([O-])c1ccc2c(c1)N1CCN(C/C=C/Cl)C(C2)C1. The molecule has 106 valence electrons. The average Bonchev–Trinajstić information content (AvgIpc) is 2.46. The molecule has 0 saturated carbocycles. The Hall–Kier alpha value is -1.59. The van der Waals surface area contributed by atoms with Crippen molar-refractivity contribution in [1.82, 2.24) is 4.90 Å². The van der Waals surface area contributed by atoms with Crippen LogP contribution >= 0.6 is 11.6 Å². The molecule has 1 atom stereocenters. The number of piperazine rings is 1. The highest BCUT2D eigenvalue weighted by atomic mass is 35.5. The summed E-state index contributed by atoms with van der Waals surface area (Å²) in [5.74, 6) is 0. The number of anilines is 1. The minimum atomic E-state index is -0.326. The van der Waals surface area contributed by atoms with E-state index in [0.29, 0.717) is 6.04 Å². The molecular weight excluding hydrogens is 278 g/mol. The molecule has 0 aromatic heterocycles. The molecule has 3 rings (SSSR count). The summed E-state index contributed by atoms with van der Waals surface area (Å²) in [7, 11) is 0. The van der Waals surface area contributed by atoms with Crippen molar-refractivity contribution >= 4 is 23.0 Å². The van der Waals surface area contributed by atoms with Crippen LogP contribution in [0.1, 0.15) is 5.56 Å². The number of non-ortho nitro benzene ring substituents is 1. The van der Waals surface area contributed by atoms with Gasteiger partial charge in [-0.2, -0.15) is 0 Å². The van der Waals surface area contributed by atoms with Crippen molar-refractivity contribution in [2.24, 2.45) is 0 Å². The quantitative estimate of drug-likeness (QED) is 0.634. The molecule has 1 unspecified atom stereocenters. The van der Waals surface area contributed by atoms with E-state index >= 15 is 0 Å². The monoisotopic (exact) mass is 293 g/mol. The first kappa shape index (κ1) is 13.4. The van der Waals surface area contributed by atoms with Crippen molar-refractivity contribution in [3.63, 3.8) is 0 Å². The second-order valence-corrected chi connectivity index (χ2v) is 5.48. The number of hydrogen-bond donors (Lipinski definition) is 0. The minimum absolute atomic E-state index is 0.176. The molecule has 0 radical (unpaired) electrons. The van der Waals surface area contributed by atoms with Crippen LogP contribution in [0.2, 0.25) is 0 Å². The van der Waals surface area contributed by atoms with Gasteiger partial charge in [0.2, 0.25) is 0 Å². The van der Waals surface area contributed by atoms with E-state index in [0.717, 1.165) is 38.3 Å². The van der Waals surface area contributed by atoms with Gasteiger partial charge in [0.25, 0.3) is 5.69 Å². The van der Waals surface area contributed by atoms with E-state index in [2.05, 4.69) is 9.80 Å². The summed E-state index contributed by atoms with van der Waals surface area (Å²) in [6, 6.07) is 5.67. The smallest absolute Gasteiger partial charge is 0.271 e. The fourth-order valence-corrected chi connectivity index (χ4v) is 3.19. The van der Waals surface area contributed by atoms with Crippen LogP contribution in [-0.4, -0.2) is 42.0 Å². The fraction of sp³-hybridized carbons (Fsp3) is 0.429. The molecule has 1 aromatic rings. The number of fused-ring (bicyclic) bond motifs is 4. The molecule has 20 heavy (non-hydrogen) atoms. The van der Waals surface area contributed by atoms with Gasteiger partial charge in [-0.3, -0.25) is 15.0 Å². The summed E-state index contributed by atoms with van der Waals surface area (Å²) in [5, 5.41) is 10.9. The Labute approximate surface area is 122 Å². The van der Waals surface area contributed by atoms with Crippen LogP contribution in [0.15, 0.2) is 29.8 Å². The first-order valence-corrected chi connectivity index (χ1v) is 7.14. The molecule has 0 amide bonds. The van der Waals surface area contributed by atoms with Crippen LogP contribution in [-0.2, 0) is 6.42 Å². The lowest BCUT2D eigenvalue weighted by molar-refractivity contribution is -0.384. The normalized spacial score (nSPS) is 22.1. The van der Waals surface area contributed by atoms with E-state index in [-0.39, 0.29) is 10.6 Å². The van der Waals surface area contributed by atoms with Crippen molar-refractivity contribution in [3.05, 3.63) is 45.5 Å². The molecule has 1 fully saturated rings. The van der Waals surface area contributed by atoms with Crippen LogP contribution in [0.4, 0.5) is 11.4 Å². The Kier molecular flexibility index (Phi) is 3.63. The predicted molar refractivity (Wildman–Crippen MR) is 79.4 cm³/mol. The molecule has 6 heteroatoms. The number of benzene rings is 1. The zero-order valence-corrected chi connectivity index (χ0v) is 11.8. The third-order valence-corrected chi connectivity index (χ3v) is 4.29. The van der Waals surface area contributed by atoms with Crippen molar-refractivity contribution in [2.45, 2.75) is 12.5 Å². The van der Waals surface area contributed by atoms with Crippen LogP contribution in [0.3, 0.4) is 0 Å². The number of halogens is 1. The van der Waals surface area contributed by atoms with Gasteiger partial charge < -0.3 is 4.90 Å². The third-order valence-electron chi connectivity index (χ3n) is 4.11. The van der Waals surface area contributed by atoms with Gasteiger partial charge in [0.15, 0.2) is 0 Å². The van der Waals surface area contributed by atoms with Gasteiger partial charge >= 0.3 is 0 Å². The fourth-order valence-electron chi connectivity index (χ4n) is 3.11. The molecule has 0 spiro atoms. The Morgan fingerprint density at radius 1 is 1.45 bits per heavy atom. The largest absolute Gasteiger partial charge is 0.368 e. The minimum Gasteiger partial charge on any atom is -0.368 e. The summed E-state index contributed by atoms with van der Waals surface area (Å²) in [5.41, 5.74) is 3.97. The lowest BCUT2D eigenvalue weighted by atomic mass is 9.94. The van der Waals surface area contributed by atoms with Crippen molar-refractivity contribution < 1.29 is 4.92 Å². The molecule has 1 saturated heterocycles. The van der Waals surface area contributed by atoms with Gasteiger partial charge in [-0.25, -0.2) is 0 Å². The van der Waals surface area contributed by atoms with E-state index < -0.39 is 0 Å². The predicted octanol–water partition coefficient (Wildman–Crippen LogP) is 2.39. The van der Waals surface area contributed by atoms with Crippen molar-refractivity contribution in [3.8, 4) is 0 Å². The van der Waals surface area contributed by atoms with E-state index in [1.165, 1.54) is 5.56 Å². The summed E-state index contributed by atoms with van der Waals surface area (Å²) < 4.78 is 0. The van der Waals surface area contributed by atoms with Crippen LogP contribution < -0.4 is 4.90 Å². The highest BCUT2D eigenvalue weighted by Crippen LogP contribution is 2.34. The van der Waals surface area contributed by atoms with Crippen LogP contribution in [0.25, 0.3) is 0 Å². The van der Waals surface area contributed by atoms with E-state index in [1.807, 2.05) is 12.1 Å². The van der Waals surface area contributed by atoms with Gasteiger partial charge in [-0.05, 0) is 12.0 Å². The molecule has 1 aromatic carbocycles. The first-order chi connectivity index (χ1) is 9.69. The number of nitrogens with zero attached hydrogens (tertiary/aromatic N) is 3. The van der Waals surface area contributed by atoms with E-state index in [4.69, 9.17) is 11.6 Å². The summed E-state index contributed by atoms with van der Waals surface area (Å²) in [6.07, 6.45) is 2.91. The summed E-state index contributed by atoms with van der Waals surface area (Å²) in [6.45, 7) is 3.67. The van der Waals surface area contributed by atoms with Crippen molar-refractivity contribution in [2.75, 3.05) is 31.1 Å². The molecule has 2 bridgehead atoms. The molecule has 0 N–H and O–H groups in total. The number of rotatable bonds is 3.